The van der Waals surface area contributed by atoms with Crippen molar-refractivity contribution < 1.29 is 22.7 Å². The lowest BCUT2D eigenvalue weighted by atomic mass is 10.0. The molecule has 1 N–H and O–H groups in total. The van der Waals surface area contributed by atoms with E-state index in [1.165, 1.54) is 18.3 Å². The maximum atomic E-state index is 12.9. The number of aromatic amines is 1. The molecule has 0 spiro atoms. The Labute approximate surface area is 170 Å². The largest absolute Gasteiger partial charge is 0.457 e. The first-order chi connectivity index (χ1) is 14.3. The Morgan fingerprint density at radius 2 is 1.77 bits per heavy atom. The molecule has 30 heavy (non-hydrogen) atoms. The zero-order chi connectivity index (χ0) is 21.6. The van der Waals surface area contributed by atoms with Gasteiger partial charge in [-0.3, -0.25) is 4.79 Å². The fourth-order valence-corrected chi connectivity index (χ4v) is 2.81. The lowest BCUT2D eigenvalue weighted by Gasteiger charge is -2.11. The molecule has 154 valence electrons. The van der Waals surface area contributed by atoms with Crippen molar-refractivity contribution in [3.05, 3.63) is 111 Å². The molecule has 2 aromatic carbocycles. The van der Waals surface area contributed by atoms with Crippen LogP contribution in [0.25, 0.3) is 6.08 Å². The molecule has 3 aromatic rings. The van der Waals surface area contributed by atoms with Gasteiger partial charge in [-0.25, -0.2) is 4.79 Å². The Morgan fingerprint density at radius 1 is 1.00 bits per heavy atom. The van der Waals surface area contributed by atoms with Crippen LogP contribution in [-0.4, -0.2) is 11.0 Å². The van der Waals surface area contributed by atoms with E-state index < -0.39 is 17.7 Å². The van der Waals surface area contributed by atoms with E-state index in [-0.39, 0.29) is 29.7 Å². The van der Waals surface area contributed by atoms with Crippen LogP contribution in [0.5, 0.6) is 0 Å². The highest BCUT2D eigenvalue weighted by Crippen LogP contribution is 2.29. The molecule has 0 aliphatic rings. The van der Waals surface area contributed by atoms with Gasteiger partial charge < -0.3 is 9.72 Å². The summed E-state index contributed by atoms with van der Waals surface area (Å²) in [7, 11) is 0. The summed E-state index contributed by atoms with van der Waals surface area (Å²) in [5.41, 5.74) is 0.389. The maximum absolute atomic E-state index is 12.9. The van der Waals surface area contributed by atoms with Crippen molar-refractivity contribution in [2.75, 3.05) is 0 Å². The van der Waals surface area contributed by atoms with Crippen LogP contribution in [0.15, 0.2) is 83.3 Å². The Hall–Kier alpha value is -3.61. The van der Waals surface area contributed by atoms with Gasteiger partial charge in [-0.2, -0.15) is 13.2 Å². The number of hydrogen-bond donors (Lipinski definition) is 1. The van der Waals surface area contributed by atoms with E-state index >= 15 is 0 Å². The molecule has 3 rings (SSSR count). The van der Waals surface area contributed by atoms with Crippen LogP contribution in [0.4, 0.5) is 13.2 Å². The topological polar surface area (TPSA) is 59.2 Å². The normalized spacial score (nSPS) is 11.9. The quantitative estimate of drug-likeness (QED) is 0.468. The van der Waals surface area contributed by atoms with Gasteiger partial charge in [-0.1, -0.05) is 48.5 Å². The summed E-state index contributed by atoms with van der Waals surface area (Å²) in [6.07, 6.45) is -1.38. The van der Waals surface area contributed by atoms with E-state index in [4.69, 9.17) is 4.74 Å². The van der Waals surface area contributed by atoms with E-state index in [9.17, 15) is 22.8 Å². The molecule has 0 fully saturated rings. The molecule has 0 saturated heterocycles. The Balaban J connectivity index is 1.81. The van der Waals surface area contributed by atoms with Gasteiger partial charge in [-0.15, -0.1) is 0 Å². The van der Waals surface area contributed by atoms with Gasteiger partial charge in [0.05, 0.1) is 5.56 Å². The first kappa shape index (κ1) is 21.1. The number of rotatable bonds is 6. The molecule has 0 atom stereocenters. The summed E-state index contributed by atoms with van der Waals surface area (Å²) in [5, 5.41) is 0. The molecule has 0 radical (unpaired) electrons. The Bertz CT molecular complexity index is 1100. The fraction of sp³-hybridized carbons (Fsp3) is 0.130. The molecule has 1 aromatic heterocycles. The maximum Gasteiger partial charge on any atom is 0.416 e. The first-order valence-electron chi connectivity index (χ1n) is 9.08. The summed E-state index contributed by atoms with van der Waals surface area (Å²) < 4.78 is 43.9. The van der Waals surface area contributed by atoms with Gasteiger partial charge >= 0.3 is 12.1 Å². The summed E-state index contributed by atoms with van der Waals surface area (Å²) in [5.74, 6) is -0.709. The molecular formula is C23H18F3NO3. The van der Waals surface area contributed by atoms with Crippen LogP contribution in [0.2, 0.25) is 0 Å². The highest BCUT2D eigenvalue weighted by molar-refractivity contribution is 5.94. The van der Waals surface area contributed by atoms with Crippen molar-refractivity contribution >= 4 is 12.0 Å². The fourth-order valence-electron chi connectivity index (χ4n) is 2.81. The van der Waals surface area contributed by atoms with Crippen molar-refractivity contribution in [3.8, 4) is 0 Å². The predicted molar refractivity (Wildman–Crippen MR) is 106 cm³/mol. The first-order valence-corrected chi connectivity index (χ1v) is 9.08. The number of benzene rings is 2. The molecular weight excluding hydrogens is 395 g/mol. The van der Waals surface area contributed by atoms with Gasteiger partial charge in [0, 0.05) is 23.8 Å². The number of nitrogens with one attached hydrogen (secondary N) is 1. The minimum absolute atomic E-state index is 0.0203. The number of alkyl halides is 3. The second-order valence-corrected chi connectivity index (χ2v) is 6.56. The number of halogens is 3. The van der Waals surface area contributed by atoms with Crippen molar-refractivity contribution in [2.24, 2.45) is 0 Å². The monoisotopic (exact) mass is 413 g/mol. The van der Waals surface area contributed by atoms with Gasteiger partial charge in [0.1, 0.15) is 6.61 Å². The molecule has 0 amide bonds. The lowest BCUT2D eigenvalue weighted by Crippen LogP contribution is -2.16. The number of pyridine rings is 1. The zero-order valence-electron chi connectivity index (χ0n) is 15.8. The predicted octanol–water partition coefficient (Wildman–Crippen LogP) is 4.76. The summed E-state index contributed by atoms with van der Waals surface area (Å²) in [6.45, 7) is -0.319. The number of esters is 1. The summed E-state index contributed by atoms with van der Waals surface area (Å²) in [4.78, 5) is 27.2. The number of hydrogen-bond acceptors (Lipinski definition) is 3. The van der Waals surface area contributed by atoms with E-state index in [0.29, 0.717) is 5.56 Å². The second-order valence-electron chi connectivity index (χ2n) is 6.56. The molecule has 7 heteroatoms. The lowest BCUT2D eigenvalue weighted by molar-refractivity contribution is -0.140. The van der Waals surface area contributed by atoms with Gasteiger partial charge in [-0.05, 0) is 35.4 Å². The average molecular weight is 413 g/mol. The van der Waals surface area contributed by atoms with Crippen molar-refractivity contribution in [1.29, 1.82) is 0 Å². The minimum atomic E-state index is -4.48. The van der Waals surface area contributed by atoms with Crippen LogP contribution >= 0.6 is 0 Å². The van der Waals surface area contributed by atoms with Gasteiger partial charge in [0.15, 0.2) is 0 Å². The van der Waals surface area contributed by atoms with Crippen LogP contribution in [0, 0.1) is 0 Å². The molecule has 0 saturated carbocycles. The standard InChI is InChI=1S/C23H18F3NO3/c24-23(25,26)20-10-4-8-17(13-20)15-30-22(29)19(12-16-6-2-1-3-7-16)14-18-9-5-11-27-21(18)28/h1-13H,14-15H2,(H,27,28)/b19-12-. The molecule has 0 unspecified atom stereocenters. The molecule has 0 bridgehead atoms. The highest BCUT2D eigenvalue weighted by Gasteiger charge is 2.30. The SMILES string of the molecule is O=C(OCc1cccc(C(F)(F)F)c1)/C(=C\c1ccccc1)Cc1ccc[nH]c1=O. The Morgan fingerprint density at radius 3 is 2.47 bits per heavy atom. The number of carbonyl (C=O) groups excluding carboxylic acids is 1. The smallest absolute Gasteiger partial charge is 0.416 e. The van der Waals surface area contributed by atoms with Gasteiger partial charge in [0.25, 0.3) is 5.56 Å². The van der Waals surface area contributed by atoms with Crippen LogP contribution in [-0.2, 0) is 28.7 Å². The number of aromatic nitrogens is 1. The zero-order valence-corrected chi connectivity index (χ0v) is 15.8. The van der Waals surface area contributed by atoms with E-state index in [1.54, 1.807) is 42.5 Å². The molecule has 0 aliphatic carbocycles. The van der Waals surface area contributed by atoms with Gasteiger partial charge in [0.2, 0.25) is 0 Å². The van der Waals surface area contributed by atoms with Crippen LogP contribution in [0.1, 0.15) is 22.3 Å². The van der Waals surface area contributed by atoms with E-state index in [2.05, 4.69) is 4.98 Å². The number of ether oxygens (including phenoxy) is 1. The van der Waals surface area contributed by atoms with Crippen LogP contribution in [0.3, 0.4) is 0 Å². The van der Waals surface area contributed by atoms with Crippen molar-refractivity contribution in [2.45, 2.75) is 19.2 Å². The average Bonchev–Trinajstić information content (AvgIpc) is 2.73. The van der Waals surface area contributed by atoms with Crippen LogP contribution < -0.4 is 5.56 Å². The second kappa shape index (κ2) is 9.26. The molecule has 1 heterocycles. The summed E-state index contributed by atoms with van der Waals surface area (Å²) >= 11 is 0. The third-order valence-corrected chi connectivity index (χ3v) is 4.31. The number of carbonyl (C=O) groups is 1. The minimum Gasteiger partial charge on any atom is -0.457 e. The highest BCUT2D eigenvalue weighted by atomic mass is 19.4. The number of H-pyrrole nitrogens is 1. The Kier molecular flexibility index (Phi) is 6.51. The molecule has 4 nitrogen and oxygen atoms in total. The third-order valence-electron chi connectivity index (χ3n) is 4.31. The van der Waals surface area contributed by atoms with Crippen molar-refractivity contribution in [1.82, 2.24) is 4.98 Å². The summed E-state index contributed by atoms with van der Waals surface area (Å²) in [6, 6.07) is 16.8. The molecule has 0 aliphatic heterocycles. The van der Waals surface area contributed by atoms with Crippen molar-refractivity contribution in [3.63, 3.8) is 0 Å². The van der Waals surface area contributed by atoms with E-state index in [1.807, 2.05) is 6.07 Å². The van der Waals surface area contributed by atoms with E-state index in [0.717, 1.165) is 17.7 Å². The third kappa shape index (κ3) is 5.70.